The van der Waals surface area contributed by atoms with Crippen LogP contribution in [0.3, 0.4) is 0 Å². The molecule has 0 aliphatic carbocycles. The lowest BCUT2D eigenvalue weighted by molar-refractivity contribution is -0.144. The number of rotatable bonds is 7. The number of ether oxygens (including phenoxy) is 1. The molecule has 0 spiro atoms. The Morgan fingerprint density at radius 3 is 2.90 bits per heavy atom. The highest BCUT2D eigenvalue weighted by Crippen LogP contribution is 2.26. The number of esters is 1. The van der Waals surface area contributed by atoms with E-state index in [0.29, 0.717) is 5.89 Å². The number of nitriles is 1. The first-order valence-corrected chi connectivity index (χ1v) is 10.2. The van der Waals surface area contributed by atoms with Gasteiger partial charge in [-0.1, -0.05) is 13.0 Å². The fraction of sp³-hybridized carbons (Fsp3) is 0.333. The molecule has 7 nitrogen and oxygen atoms in total. The van der Waals surface area contributed by atoms with Crippen molar-refractivity contribution in [3.8, 4) is 16.8 Å². The Labute approximate surface area is 173 Å². The lowest BCUT2D eigenvalue weighted by Crippen LogP contribution is -2.11. The van der Waals surface area contributed by atoms with Crippen LogP contribution in [0.1, 0.15) is 49.2 Å². The van der Waals surface area contributed by atoms with Gasteiger partial charge in [-0.25, -0.2) is 4.79 Å². The van der Waals surface area contributed by atoms with Crippen LogP contribution in [-0.2, 0) is 16.1 Å². The third-order valence-corrected chi connectivity index (χ3v) is 5.36. The Balaban J connectivity index is 1.76. The molecular weight excluding hydrogens is 388 g/mol. The summed E-state index contributed by atoms with van der Waals surface area (Å²) < 4.78 is 13.1. The van der Waals surface area contributed by atoms with Gasteiger partial charge in [0.25, 0.3) is 11.8 Å². The van der Waals surface area contributed by atoms with Gasteiger partial charge in [-0.15, -0.1) is 21.5 Å². The molecule has 8 heteroatoms. The summed E-state index contributed by atoms with van der Waals surface area (Å²) in [7, 11) is 0. The van der Waals surface area contributed by atoms with Gasteiger partial charge in [-0.3, -0.25) is 0 Å². The normalized spacial score (nSPS) is 12.6. The maximum atomic E-state index is 12.5. The van der Waals surface area contributed by atoms with Gasteiger partial charge < -0.3 is 13.7 Å². The molecule has 1 atom stereocenters. The third kappa shape index (κ3) is 4.46. The van der Waals surface area contributed by atoms with Gasteiger partial charge in [0, 0.05) is 17.9 Å². The van der Waals surface area contributed by atoms with Crippen molar-refractivity contribution in [1.29, 1.82) is 5.26 Å². The van der Waals surface area contributed by atoms with E-state index >= 15 is 0 Å². The lowest BCUT2D eigenvalue weighted by Gasteiger charge is -2.09. The molecule has 0 fully saturated rings. The van der Waals surface area contributed by atoms with E-state index in [0.717, 1.165) is 34.8 Å². The highest BCUT2D eigenvalue weighted by atomic mass is 32.1. The number of hydrogen-bond donors (Lipinski definition) is 0. The van der Waals surface area contributed by atoms with Crippen molar-refractivity contribution in [2.24, 2.45) is 0 Å². The average Bonchev–Trinajstić information content (AvgIpc) is 3.43. The molecule has 150 valence electrons. The summed E-state index contributed by atoms with van der Waals surface area (Å²) in [5, 5.41) is 19.3. The first kappa shape index (κ1) is 20.6. The Hall–Kier alpha value is -3.18. The van der Waals surface area contributed by atoms with E-state index in [1.165, 1.54) is 11.3 Å². The van der Waals surface area contributed by atoms with Crippen LogP contribution in [0.2, 0.25) is 0 Å². The van der Waals surface area contributed by atoms with Crippen molar-refractivity contribution in [3.63, 3.8) is 0 Å². The summed E-state index contributed by atoms with van der Waals surface area (Å²) in [6, 6.07) is 7.65. The van der Waals surface area contributed by atoms with Crippen molar-refractivity contribution >= 4 is 23.4 Å². The van der Waals surface area contributed by atoms with Crippen molar-refractivity contribution < 1.29 is 13.9 Å². The number of carbonyl (C=O) groups is 1. The Bertz CT molecular complexity index is 1070. The molecule has 0 aromatic carbocycles. The molecule has 0 radical (unpaired) electrons. The number of aryl methyl sites for hydroxylation is 1. The summed E-state index contributed by atoms with van der Waals surface area (Å²) in [6.07, 6.45) is 1.80. The minimum absolute atomic E-state index is 0.0772. The van der Waals surface area contributed by atoms with Crippen LogP contribution in [-0.4, -0.2) is 20.7 Å². The molecule has 0 N–H and O–H groups in total. The first-order chi connectivity index (χ1) is 13.9. The number of aromatic nitrogens is 3. The second-order valence-corrected chi connectivity index (χ2v) is 7.57. The number of carbonyl (C=O) groups excluding carboxylic acids is 1. The Morgan fingerprint density at radius 1 is 1.45 bits per heavy atom. The van der Waals surface area contributed by atoms with E-state index in [-0.39, 0.29) is 11.5 Å². The van der Waals surface area contributed by atoms with Crippen molar-refractivity contribution in [3.05, 3.63) is 52.0 Å². The molecule has 3 aromatic rings. The number of thiophene rings is 1. The molecule has 0 aliphatic heterocycles. The van der Waals surface area contributed by atoms with Crippen molar-refractivity contribution in [1.82, 2.24) is 14.8 Å². The molecule has 3 rings (SSSR count). The predicted octanol–water partition coefficient (Wildman–Crippen LogP) is 4.84. The van der Waals surface area contributed by atoms with E-state index in [2.05, 4.69) is 21.7 Å². The molecule has 0 saturated heterocycles. The van der Waals surface area contributed by atoms with E-state index in [1.807, 2.05) is 43.5 Å². The second kappa shape index (κ2) is 8.88. The van der Waals surface area contributed by atoms with Gasteiger partial charge in [-0.05, 0) is 56.3 Å². The van der Waals surface area contributed by atoms with Gasteiger partial charge in [0.05, 0.1) is 4.88 Å². The molecule has 3 heterocycles. The molecule has 0 amide bonds. The fourth-order valence-electron chi connectivity index (χ4n) is 3.01. The summed E-state index contributed by atoms with van der Waals surface area (Å²) in [5.41, 5.74) is 2.85. The molecule has 0 aliphatic rings. The highest BCUT2D eigenvalue weighted by Gasteiger charge is 2.22. The van der Waals surface area contributed by atoms with Crippen molar-refractivity contribution in [2.45, 2.75) is 46.8 Å². The Kier molecular flexibility index (Phi) is 6.29. The van der Waals surface area contributed by atoms with Crippen LogP contribution < -0.4 is 0 Å². The van der Waals surface area contributed by atoms with Crippen LogP contribution in [0.25, 0.3) is 16.8 Å². The standard InChI is InChI=1S/C21H22N4O3S/c1-5-8-25-13(2)10-16(14(25)3)11-17(12-22)21(26)27-15(4)19-23-24-20(28-19)18-7-6-9-29-18/h6-7,9-11,15H,5,8H2,1-4H3/b17-11+/t15-/m1/s1. The maximum Gasteiger partial charge on any atom is 0.349 e. The zero-order chi connectivity index (χ0) is 21.0. The highest BCUT2D eigenvalue weighted by molar-refractivity contribution is 7.13. The summed E-state index contributed by atoms with van der Waals surface area (Å²) in [4.78, 5) is 13.4. The zero-order valence-corrected chi connectivity index (χ0v) is 17.6. The van der Waals surface area contributed by atoms with Gasteiger partial charge in [0.1, 0.15) is 11.6 Å². The fourth-order valence-corrected chi connectivity index (χ4v) is 3.65. The van der Waals surface area contributed by atoms with Gasteiger partial charge >= 0.3 is 5.97 Å². The van der Waals surface area contributed by atoms with Crippen LogP contribution >= 0.6 is 11.3 Å². The second-order valence-electron chi connectivity index (χ2n) is 6.62. The quantitative estimate of drug-likeness (QED) is 0.314. The van der Waals surface area contributed by atoms with Gasteiger partial charge in [0.2, 0.25) is 0 Å². The summed E-state index contributed by atoms with van der Waals surface area (Å²) in [5.74, 6) is -0.173. The SMILES string of the molecule is CCCn1c(C)cc(/C=C(\C#N)C(=O)O[C@H](C)c2nnc(-c3cccs3)o2)c1C. The lowest BCUT2D eigenvalue weighted by atomic mass is 10.1. The molecule has 0 unspecified atom stereocenters. The predicted molar refractivity (Wildman–Crippen MR) is 110 cm³/mol. The Morgan fingerprint density at radius 2 is 2.24 bits per heavy atom. The summed E-state index contributed by atoms with van der Waals surface area (Å²) in [6.45, 7) is 8.61. The van der Waals surface area contributed by atoms with E-state index < -0.39 is 12.1 Å². The smallest absolute Gasteiger partial charge is 0.349 e. The molecule has 0 bridgehead atoms. The van der Waals surface area contributed by atoms with Gasteiger partial charge in [-0.2, -0.15) is 5.26 Å². The molecule has 0 saturated carbocycles. The number of hydrogen-bond acceptors (Lipinski definition) is 7. The maximum absolute atomic E-state index is 12.5. The minimum atomic E-state index is -0.770. The van der Waals surface area contributed by atoms with Crippen molar-refractivity contribution in [2.75, 3.05) is 0 Å². The molecular formula is C21H22N4O3S. The van der Waals surface area contributed by atoms with E-state index in [9.17, 15) is 10.1 Å². The monoisotopic (exact) mass is 410 g/mol. The topological polar surface area (TPSA) is 93.9 Å². The van der Waals surface area contributed by atoms with Crippen LogP contribution in [0.4, 0.5) is 0 Å². The molecule has 3 aromatic heterocycles. The zero-order valence-electron chi connectivity index (χ0n) is 16.8. The van der Waals surface area contributed by atoms with Gasteiger partial charge in [0.15, 0.2) is 6.10 Å². The van der Waals surface area contributed by atoms with E-state index in [4.69, 9.17) is 9.15 Å². The van der Waals surface area contributed by atoms with Crippen LogP contribution in [0.15, 0.2) is 33.6 Å². The molecule has 29 heavy (non-hydrogen) atoms. The average molecular weight is 410 g/mol. The van der Waals surface area contributed by atoms with Crippen LogP contribution in [0, 0.1) is 25.2 Å². The van der Waals surface area contributed by atoms with E-state index in [1.54, 1.807) is 13.0 Å². The third-order valence-electron chi connectivity index (χ3n) is 4.50. The first-order valence-electron chi connectivity index (χ1n) is 9.31. The minimum Gasteiger partial charge on any atom is -0.448 e. The van der Waals surface area contributed by atoms with Crippen LogP contribution in [0.5, 0.6) is 0 Å². The largest absolute Gasteiger partial charge is 0.448 e. The summed E-state index contributed by atoms with van der Waals surface area (Å²) >= 11 is 1.47. The number of nitrogens with zero attached hydrogens (tertiary/aromatic N) is 4.